The van der Waals surface area contributed by atoms with Gasteiger partial charge in [-0.1, -0.05) is 48.5 Å². The Labute approximate surface area is 135 Å². The lowest BCUT2D eigenvalue weighted by molar-refractivity contribution is 0.358. The van der Waals surface area contributed by atoms with Gasteiger partial charge in [-0.25, -0.2) is 4.39 Å². The van der Waals surface area contributed by atoms with Crippen molar-refractivity contribution in [1.82, 2.24) is 0 Å². The number of hydrogen-bond acceptors (Lipinski definition) is 1. The predicted octanol–water partition coefficient (Wildman–Crippen LogP) is 5.02. The van der Waals surface area contributed by atoms with Crippen LogP contribution in [0.3, 0.4) is 0 Å². The van der Waals surface area contributed by atoms with Gasteiger partial charge in [0.25, 0.3) is 0 Å². The fourth-order valence-corrected chi connectivity index (χ4v) is 3.15. The summed E-state index contributed by atoms with van der Waals surface area (Å²) in [7, 11) is 0. The Hall–Kier alpha value is -2.61. The van der Waals surface area contributed by atoms with Crippen LogP contribution in [0.2, 0.25) is 0 Å². The monoisotopic (exact) mass is 304 g/mol. The van der Waals surface area contributed by atoms with Crippen LogP contribution in [-0.4, -0.2) is 6.61 Å². The first kappa shape index (κ1) is 14.0. The van der Waals surface area contributed by atoms with Crippen molar-refractivity contribution in [1.29, 1.82) is 0 Å². The maximum Gasteiger partial charge on any atom is 0.130 e. The molecular weight excluding hydrogens is 287 g/mol. The molecule has 4 rings (SSSR count). The summed E-state index contributed by atoms with van der Waals surface area (Å²) in [5.74, 6) is 0.820. The van der Waals surface area contributed by atoms with Gasteiger partial charge in [0.15, 0.2) is 0 Å². The summed E-state index contributed by atoms with van der Waals surface area (Å²) in [6, 6.07) is 21.5. The lowest BCUT2D eigenvalue weighted by Gasteiger charge is -2.12. The second-order valence-corrected chi connectivity index (χ2v) is 5.90. The Morgan fingerprint density at radius 3 is 2.43 bits per heavy atom. The van der Waals surface area contributed by atoms with Gasteiger partial charge in [0.05, 0.1) is 6.61 Å². The van der Waals surface area contributed by atoms with E-state index in [-0.39, 0.29) is 5.82 Å². The molecule has 1 aliphatic rings. The predicted molar refractivity (Wildman–Crippen MR) is 90.3 cm³/mol. The lowest BCUT2D eigenvalue weighted by atomic mass is 9.95. The van der Waals surface area contributed by atoms with Crippen LogP contribution in [0, 0.1) is 5.82 Å². The number of fused-ring (bicyclic) bond motifs is 1. The van der Waals surface area contributed by atoms with Crippen LogP contribution in [0.15, 0.2) is 66.7 Å². The van der Waals surface area contributed by atoms with Crippen molar-refractivity contribution < 1.29 is 9.13 Å². The van der Waals surface area contributed by atoms with Crippen molar-refractivity contribution >= 4 is 0 Å². The molecule has 0 atom stereocenters. The van der Waals surface area contributed by atoms with Crippen LogP contribution < -0.4 is 4.74 Å². The Kier molecular flexibility index (Phi) is 3.58. The molecule has 0 saturated carbocycles. The van der Waals surface area contributed by atoms with E-state index >= 15 is 0 Å². The molecule has 0 saturated heterocycles. The molecule has 3 aromatic rings. The molecule has 3 aromatic carbocycles. The summed E-state index contributed by atoms with van der Waals surface area (Å²) >= 11 is 0. The fourth-order valence-electron chi connectivity index (χ4n) is 3.15. The number of benzene rings is 3. The van der Waals surface area contributed by atoms with Gasteiger partial charge in [-0.05, 0) is 46.9 Å². The smallest absolute Gasteiger partial charge is 0.130 e. The Balaban J connectivity index is 1.75. The van der Waals surface area contributed by atoms with E-state index in [1.54, 1.807) is 0 Å². The van der Waals surface area contributed by atoms with Crippen molar-refractivity contribution in [3.05, 3.63) is 89.2 Å². The second kappa shape index (κ2) is 5.88. The largest absolute Gasteiger partial charge is 0.492 e. The van der Waals surface area contributed by atoms with E-state index in [4.69, 9.17) is 4.74 Å². The molecule has 23 heavy (non-hydrogen) atoms. The first-order valence-corrected chi connectivity index (χ1v) is 7.88. The maximum atomic E-state index is 13.1. The van der Waals surface area contributed by atoms with Gasteiger partial charge >= 0.3 is 0 Å². The van der Waals surface area contributed by atoms with Gasteiger partial charge < -0.3 is 4.74 Å². The summed E-state index contributed by atoms with van der Waals surface area (Å²) in [4.78, 5) is 0. The third-order valence-corrected chi connectivity index (χ3v) is 4.25. The summed E-state index contributed by atoms with van der Waals surface area (Å²) in [6.07, 6.45) is 1.75. The van der Waals surface area contributed by atoms with Gasteiger partial charge in [-0.2, -0.15) is 0 Å². The van der Waals surface area contributed by atoms with Crippen LogP contribution >= 0.6 is 0 Å². The lowest BCUT2D eigenvalue weighted by Crippen LogP contribution is -1.93. The fraction of sp³-hybridized carbons (Fsp3) is 0.143. The topological polar surface area (TPSA) is 9.23 Å². The summed E-state index contributed by atoms with van der Waals surface area (Å²) < 4.78 is 18.9. The molecule has 0 bridgehead atoms. The molecule has 0 fully saturated rings. The number of halogens is 1. The van der Waals surface area contributed by atoms with E-state index in [1.165, 1.54) is 28.8 Å². The van der Waals surface area contributed by atoms with Crippen molar-refractivity contribution in [3.63, 3.8) is 0 Å². The van der Waals surface area contributed by atoms with Crippen molar-refractivity contribution in [2.45, 2.75) is 12.8 Å². The molecule has 0 spiro atoms. The molecule has 0 amide bonds. The zero-order chi connectivity index (χ0) is 15.6. The van der Waals surface area contributed by atoms with Gasteiger partial charge in [0, 0.05) is 12.0 Å². The minimum Gasteiger partial charge on any atom is -0.492 e. The highest BCUT2D eigenvalue weighted by Crippen LogP contribution is 2.38. The van der Waals surface area contributed by atoms with Gasteiger partial charge in [0.2, 0.25) is 0 Å². The average molecular weight is 304 g/mol. The minimum atomic E-state index is -0.193. The second-order valence-electron chi connectivity index (χ2n) is 5.90. The molecule has 114 valence electrons. The molecule has 1 heterocycles. The molecule has 0 aromatic heterocycles. The molecule has 0 unspecified atom stereocenters. The highest BCUT2D eigenvalue weighted by molar-refractivity contribution is 5.74. The normalized spacial score (nSPS) is 12.7. The summed E-state index contributed by atoms with van der Waals surface area (Å²) in [5, 5.41) is 0. The highest BCUT2D eigenvalue weighted by Gasteiger charge is 2.18. The van der Waals surface area contributed by atoms with Crippen LogP contribution in [0.5, 0.6) is 5.75 Å². The van der Waals surface area contributed by atoms with Crippen molar-refractivity contribution in [3.8, 4) is 16.9 Å². The first-order chi connectivity index (χ1) is 11.3. The average Bonchev–Trinajstić information content (AvgIpc) is 3.05. The van der Waals surface area contributed by atoms with Gasteiger partial charge in [0.1, 0.15) is 11.6 Å². The molecule has 0 radical (unpaired) electrons. The molecule has 0 aliphatic carbocycles. The highest BCUT2D eigenvalue weighted by atomic mass is 19.1. The Bertz CT molecular complexity index is 822. The summed E-state index contributed by atoms with van der Waals surface area (Å²) in [6.45, 7) is 0.745. The zero-order valence-electron chi connectivity index (χ0n) is 12.8. The Morgan fingerprint density at radius 1 is 0.870 bits per heavy atom. The molecular formula is C21H17FO. The zero-order valence-corrected chi connectivity index (χ0v) is 12.8. The van der Waals surface area contributed by atoms with Gasteiger partial charge in [-0.15, -0.1) is 0 Å². The van der Waals surface area contributed by atoms with Crippen LogP contribution in [-0.2, 0) is 12.8 Å². The van der Waals surface area contributed by atoms with Crippen LogP contribution in [0.4, 0.5) is 4.39 Å². The third-order valence-electron chi connectivity index (χ3n) is 4.25. The summed E-state index contributed by atoms with van der Waals surface area (Å²) in [5.41, 5.74) is 5.94. The van der Waals surface area contributed by atoms with E-state index in [1.807, 2.05) is 30.3 Å². The van der Waals surface area contributed by atoms with E-state index in [0.717, 1.165) is 36.3 Å². The maximum absolute atomic E-state index is 13.1. The molecule has 0 N–H and O–H groups in total. The van der Waals surface area contributed by atoms with E-state index in [0.29, 0.717) is 0 Å². The standard InChI is InChI=1S/C21H17FO/c22-19-8-6-15(7-9-19)12-16-13-18-10-11-23-21(18)20(14-16)17-4-2-1-3-5-17/h1-9,13-14H,10-12H2. The van der Waals surface area contributed by atoms with Crippen molar-refractivity contribution in [2.24, 2.45) is 0 Å². The number of hydrogen-bond donors (Lipinski definition) is 0. The minimum absolute atomic E-state index is 0.193. The Morgan fingerprint density at radius 2 is 1.65 bits per heavy atom. The number of rotatable bonds is 3. The molecule has 1 aliphatic heterocycles. The van der Waals surface area contributed by atoms with Crippen LogP contribution in [0.25, 0.3) is 11.1 Å². The third kappa shape index (κ3) is 2.85. The number of ether oxygens (including phenoxy) is 1. The first-order valence-electron chi connectivity index (χ1n) is 7.88. The quantitative estimate of drug-likeness (QED) is 0.660. The van der Waals surface area contributed by atoms with Crippen molar-refractivity contribution in [2.75, 3.05) is 6.61 Å². The molecule has 1 nitrogen and oxygen atoms in total. The van der Waals surface area contributed by atoms with E-state index in [2.05, 4.69) is 24.3 Å². The van der Waals surface area contributed by atoms with E-state index in [9.17, 15) is 4.39 Å². The SMILES string of the molecule is Fc1ccc(Cc2cc3c(c(-c4ccccc4)c2)OCC3)cc1. The van der Waals surface area contributed by atoms with Gasteiger partial charge in [-0.3, -0.25) is 0 Å². The molecule has 2 heteroatoms. The van der Waals surface area contributed by atoms with E-state index < -0.39 is 0 Å². The van der Waals surface area contributed by atoms with Crippen LogP contribution in [0.1, 0.15) is 16.7 Å².